The van der Waals surface area contributed by atoms with Gasteiger partial charge in [-0.2, -0.15) is 0 Å². The molecule has 0 spiro atoms. The number of ether oxygens (including phenoxy) is 4. The summed E-state index contributed by atoms with van der Waals surface area (Å²) in [4.78, 5) is 74.2. The minimum Gasteiger partial charge on any atom is -0.481 e. The number of carboxylic acids is 2. The summed E-state index contributed by atoms with van der Waals surface area (Å²) in [6.07, 6.45) is 23.4. The topological polar surface area (TPSA) is 271 Å². The second-order valence-corrected chi connectivity index (χ2v) is 14.4. The predicted octanol–water partition coefficient (Wildman–Crippen LogP) is 3.55. The Balaban J connectivity index is -0.000000264. The first-order valence-electron chi connectivity index (χ1n) is 22.9. The normalized spacial score (nSPS) is 11.1. The maximum Gasteiger partial charge on any atom is 0.320 e. The molecule has 0 aromatic rings. The molecule has 0 rings (SSSR count). The van der Waals surface area contributed by atoms with Crippen LogP contribution in [0.2, 0.25) is 6.82 Å². The Morgan fingerprint density at radius 2 is 1.08 bits per heavy atom. The Kier molecular flexibility index (Phi) is 68.7. The Bertz CT molecular complexity index is 1060. The number of unbranched alkanes of at least 4 members (excludes halogenated alkanes) is 15. The van der Waals surface area contributed by atoms with E-state index in [9.17, 15) is 33.6 Å². The van der Waals surface area contributed by atoms with Crippen LogP contribution in [0.5, 0.6) is 0 Å². The van der Waals surface area contributed by atoms with Crippen LogP contribution in [-0.4, -0.2) is 159 Å². The van der Waals surface area contributed by atoms with Gasteiger partial charge in [0.2, 0.25) is 11.8 Å². The Morgan fingerprint density at radius 1 is 0.578 bits per heavy atom. The maximum absolute atomic E-state index is 11.4. The number of aldehydes is 3. The van der Waals surface area contributed by atoms with E-state index in [2.05, 4.69) is 29.1 Å². The van der Waals surface area contributed by atoms with Crippen molar-refractivity contribution in [1.29, 1.82) is 0 Å². The molecule has 374 valence electrons. The fraction of sp³-hybridized carbons (Fsp3) is 0.841. The van der Waals surface area contributed by atoms with Gasteiger partial charge in [-0.3, -0.25) is 19.2 Å². The number of nitrogens with two attached hydrogens (primary N) is 1. The molecule has 0 fully saturated rings. The zero-order valence-corrected chi connectivity index (χ0v) is 42.4. The fourth-order valence-electron chi connectivity index (χ4n) is 5.41. The summed E-state index contributed by atoms with van der Waals surface area (Å²) >= 11 is 0. The van der Waals surface area contributed by atoms with E-state index in [-0.39, 0.29) is 58.9 Å². The molecule has 8 N–H and O–H groups in total. The molecule has 64 heavy (non-hydrogen) atoms. The Labute approximate surface area is 400 Å². The van der Waals surface area contributed by atoms with E-state index < -0.39 is 24.0 Å². The number of carbonyl (C=O) groups is 7. The van der Waals surface area contributed by atoms with Crippen molar-refractivity contribution in [2.24, 2.45) is 5.73 Å². The van der Waals surface area contributed by atoms with Gasteiger partial charge in [0, 0.05) is 60.0 Å². The third-order valence-corrected chi connectivity index (χ3v) is 8.96. The van der Waals surface area contributed by atoms with Crippen LogP contribution < -0.4 is 27.0 Å². The second kappa shape index (κ2) is 62.4. The van der Waals surface area contributed by atoms with Crippen molar-refractivity contribution >= 4 is 50.5 Å². The van der Waals surface area contributed by atoms with E-state index in [0.717, 1.165) is 57.6 Å². The molecule has 0 aliphatic carbocycles. The van der Waals surface area contributed by atoms with Crippen molar-refractivity contribution in [3.63, 3.8) is 0 Å². The third kappa shape index (κ3) is 66.0. The smallest absolute Gasteiger partial charge is 0.320 e. The summed E-state index contributed by atoms with van der Waals surface area (Å²) in [5, 5.41) is 28.2. The van der Waals surface area contributed by atoms with Crippen molar-refractivity contribution in [1.82, 2.24) is 21.3 Å². The van der Waals surface area contributed by atoms with Gasteiger partial charge in [-0.25, -0.2) is 0 Å². The first-order chi connectivity index (χ1) is 30.6. The zero-order chi connectivity index (χ0) is 47.9. The first kappa shape index (κ1) is 70.4. The van der Waals surface area contributed by atoms with Gasteiger partial charge in [-0.15, -0.1) is 0 Å². The number of carbonyl (C=O) groups excluding carboxylic acids is 5. The second-order valence-electron chi connectivity index (χ2n) is 14.4. The molecule has 2 amide bonds. The standard InChI is InChI=1S/C18H34O3.C13H27N3O4.C12H22N2O6.CH3B.W/c19-17-15-13-11-9-7-5-3-1-2-4-6-8-10-12-14-16-18(20)21;1-15-6-7-19-8-9-20-11-13(18)16-5-3-2-4-12(14)10-17;1-13-10(12(17)18)2-3-11(16)14-4-6-19-8-9-20-7-5-15;1-2;/h17H,1-16H2,(H,20,21);10,12,15H,2-9,11,14H2,1H3,(H,16,18);5,10,13H,2-4,6-9H2,1H3,(H,14,16)(H,17,18);1H3;. The van der Waals surface area contributed by atoms with E-state index in [1.165, 1.54) is 84.5 Å². The van der Waals surface area contributed by atoms with E-state index in [0.29, 0.717) is 71.9 Å². The molecule has 2 radical (unpaired) electrons. The van der Waals surface area contributed by atoms with Gasteiger partial charge in [0.15, 0.2) is 0 Å². The molecule has 0 saturated carbocycles. The minimum atomic E-state index is -0.973. The molecular formula is C44H86BN5O13W. The number of carboxylic acid groups (broad SMARTS) is 2. The van der Waals surface area contributed by atoms with E-state index in [4.69, 9.17) is 34.9 Å². The average molecular weight is 1090 g/mol. The van der Waals surface area contributed by atoms with E-state index in [1.807, 2.05) is 7.05 Å². The van der Waals surface area contributed by atoms with Gasteiger partial charge < -0.3 is 70.5 Å². The fourth-order valence-corrected chi connectivity index (χ4v) is 5.41. The van der Waals surface area contributed by atoms with Crippen LogP contribution in [0.1, 0.15) is 135 Å². The molecule has 0 aliphatic rings. The average Bonchev–Trinajstić information content (AvgIpc) is 3.27. The van der Waals surface area contributed by atoms with E-state index in [1.54, 1.807) is 0 Å². The van der Waals surface area contributed by atoms with Crippen LogP contribution in [-0.2, 0) is 73.6 Å². The SMILES string of the molecule is CNC(CCC(=O)NCCOCCOCC=O)C(=O)O.CNCCOCCOCC(=O)NCCCCC(N)C=O.O=CCCCCCCCCCCCCCCCCC(=O)O.[B]C.[W]. The van der Waals surface area contributed by atoms with Gasteiger partial charge >= 0.3 is 11.9 Å². The van der Waals surface area contributed by atoms with Crippen molar-refractivity contribution < 1.29 is 83.8 Å². The molecule has 0 heterocycles. The molecule has 18 nitrogen and oxygen atoms in total. The number of nitrogens with one attached hydrogen (secondary N) is 4. The molecule has 0 saturated heterocycles. The summed E-state index contributed by atoms with van der Waals surface area (Å²) in [5.74, 6) is -2.00. The van der Waals surface area contributed by atoms with Gasteiger partial charge in [0.25, 0.3) is 0 Å². The zero-order valence-electron chi connectivity index (χ0n) is 39.5. The van der Waals surface area contributed by atoms with Crippen molar-refractivity contribution in [3.8, 4) is 0 Å². The van der Waals surface area contributed by atoms with E-state index >= 15 is 0 Å². The summed E-state index contributed by atoms with van der Waals surface area (Å²) in [5.41, 5.74) is 5.45. The minimum absolute atomic E-state index is 0. The van der Waals surface area contributed by atoms with Gasteiger partial charge in [0.05, 0.1) is 53.5 Å². The summed E-state index contributed by atoms with van der Waals surface area (Å²) < 4.78 is 20.4. The van der Waals surface area contributed by atoms with Crippen molar-refractivity contribution in [3.05, 3.63) is 0 Å². The molecule has 20 heteroatoms. The van der Waals surface area contributed by atoms with Gasteiger partial charge in [-0.05, 0) is 52.6 Å². The summed E-state index contributed by atoms with van der Waals surface area (Å²) in [6, 6.07) is -1.11. The summed E-state index contributed by atoms with van der Waals surface area (Å²) in [7, 11) is 7.90. The Morgan fingerprint density at radius 3 is 1.56 bits per heavy atom. The molecule has 2 unspecified atom stereocenters. The number of aliphatic carboxylic acids is 2. The molecule has 0 aliphatic heterocycles. The summed E-state index contributed by atoms with van der Waals surface area (Å²) in [6.45, 7) is 5.87. The number of hydrogen-bond acceptors (Lipinski definition) is 14. The molecule has 2 atom stereocenters. The molecule has 0 bridgehead atoms. The van der Waals surface area contributed by atoms with Crippen molar-refractivity contribution in [2.75, 3.05) is 86.6 Å². The molecule has 0 aromatic carbocycles. The largest absolute Gasteiger partial charge is 0.481 e. The van der Waals surface area contributed by atoms with Gasteiger partial charge in [-0.1, -0.05) is 83.9 Å². The maximum atomic E-state index is 11.4. The Hall–Kier alpha value is -2.64. The monoisotopic (exact) mass is 1090 g/mol. The third-order valence-electron chi connectivity index (χ3n) is 8.96. The predicted molar refractivity (Wildman–Crippen MR) is 246 cm³/mol. The van der Waals surface area contributed by atoms with Crippen LogP contribution in [0, 0.1) is 0 Å². The van der Waals surface area contributed by atoms with Crippen LogP contribution in [0.15, 0.2) is 0 Å². The number of rotatable bonds is 44. The van der Waals surface area contributed by atoms with Gasteiger partial charge in [0.1, 0.15) is 38.1 Å². The number of hydrogen-bond donors (Lipinski definition) is 7. The quantitative estimate of drug-likeness (QED) is 0.0261. The molecular weight excluding hydrogens is 1000 g/mol. The van der Waals surface area contributed by atoms with Crippen LogP contribution in [0.3, 0.4) is 0 Å². The van der Waals surface area contributed by atoms with Crippen LogP contribution in [0.4, 0.5) is 0 Å². The van der Waals surface area contributed by atoms with Crippen LogP contribution in [0.25, 0.3) is 0 Å². The first-order valence-corrected chi connectivity index (χ1v) is 22.9. The van der Waals surface area contributed by atoms with Crippen LogP contribution >= 0.6 is 0 Å². The molecule has 0 aromatic heterocycles. The number of likely N-dealkylation sites (N-methyl/N-ethyl adjacent to an activating group) is 2. The number of amides is 2. The van der Waals surface area contributed by atoms with Crippen molar-refractivity contribution in [2.45, 2.75) is 154 Å².